The van der Waals surface area contributed by atoms with Crippen LogP contribution >= 0.6 is 0 Å². The zero-order valence-corrected chi connectivity index (χ0v) is 13.7. The van der Waals surface area contributed by atoms with Crippen LogP contribution in [-0.2, 0) is 11.2 Å². The molecule has 0 fully saturated rings. The molecule has 0 saturated carbocycles. The van der Waals surface area contributed by atoms with Crippen LogP contribution in [0.25, 0.3) is 0 Å². The maximum absolute atomic E-state index is 13.6. The number of benzene rings is 2. The summed E-state index contributed by atoms with van der Waals surface area (Å²) in [5, 5.41) is 13.4. The molecule has 0 aliphatic heterocycles. The Morgan fingerprint density at radius 2 is 1.64 bits per heavy atom. The van der Waals surface area contributed by atoms with Gasteiger partial charge < -0.3 is 10.6 Å². The molecule has 1 heterocycles. The molecule has 0 atom stereocenters. The monoisotopic (exact) mass is 336 g/mol. The number of hydrogen-bond acceptors (Lipinski definition) is 4. The Morgan fingerprint density at radius 3 is 2.32 bits per heavy atom. The van der Waals surface area contributed by atoms with Gasteiger partial charge in [-0.15, -0.1) is 10.2 Å². The Morgan fingerprint density at radius 1 is 0.960 bits per heavy atom. The molecule has 0 aliphatic rings. The number of aromatic nitrogens is 2. The molecular formula is C19H17FN4O. The lowest BCUT2D eigenvalue weighted by atomic mass is 10.1. The molecule has 0 bridgehead atoms. The minimum atomic E-state index is -0.375. The van der Waals surface area contributed by atoms with Crippen LogP contribution in [0.2, 0.25) is 0 Å². The van der Waals surface area contributed by atoms with E-state index in [0.29, 0.717) is 17.3 Å². The second-order valence-electron chi connectivity index (χ2n) is 5.62. The van der Waals surface area contributed by atoms with Crippen molar-refractivity contribution in [3.63, 3.8) is 0 Å². The zero-order chi connectivity index (χ0) is 17.6. The van der Waals surface area contributed by atoms with Crippen LogP contribution in [0, 0.1) is 12.7 Å². The number of nitrogens with zero attached hydrogens (tertiary/aromatic N) is 2. The Hall–Kier alpha value is -3.28. The van der Waals surface area contributed by atoms with Gasteiger partial charge in [0.25, 0.3) is 0 Å². The van der Waals surface area contributed by atoms with E-state index in [1.54, 1.807) is 30.3 Å². The van der Waals surface area contributed by atoms with Gasteiger partial charge >= 0.3 is 0 Å². The summed E-state index contributed by atoms with van der Waals surface area (Å²) < 4.78 is 13.6. The van der Waals surface area contributed by atoms with Crippen molar-refractivity contribution in [2.24, 2.45) is 0 Å². The molecule has 2 aromatic carbocycles. The molecule has 0 spiro atoms. The molecular weight excluding hydrogens is 319 g/mol. The van der Waals surface area contributed by atoms with Gasteiger partial charge in [0, 0.05) is 0 Å². The quantitative estimate of drug-likeness (QED) is 0.743. The highest BCUT2D eigenvalue weighted by molar-refractivity contribution is 5.91. The smallest absolute Gasteiger partial charge is 0.229 e. The van der Waals surface area contributed by atoms with Crippen molar-refractivity contribution in [1.82, 2.24) is 10.2 Å². The van der Waals surface area contributed by atoms with E-state index in [9.17, 15) is 9.18 Å². The fraction of sp³-hybridized carbons (Fsp3) is 0.105. The number of amides is 1. The molecule has 1 amide bonds. The van der Waals surface area contributed by atoms with Gasteiger partial charge in [-0.2, -0.15) is 0 Å². The van der Waals surface area contributed by atoms with Crippen LogP contribution in [0.5, 0.6) is 0 Å². The lowest BCUT2D eigenvalue weighted by Gasteiger charge is -2.07. The molecule has 5 nitrogen and oxygen atoms in total. The number of nitrogens with one attached hydrogen (secondary N) is 2. The van der Waals surface area contributed by atoms with Gasteiger partial charge in [-0.1, -0.05) is 42.0 Å². The third-order valence-electron chi connectivity index (χ3n) is 3.55. The van der Waals surface area contributed by atoms with Crippen LogP contribution in [0.15, 0.2) is 60.7 Å². The van der Waals surface area contributed by atoms with E-state index < -0.39 is 0 Å². The fourth-order valence-corrected chi connectivity index (χ4v) is 2.24. The van der Waals surface area contributed by atoms with Gasteiger partial charge in [0.1, 0.15) is 5.82 Å². The van der Waals surface area contributed by atoms with E-state index in [1.165, 1.54) is 6.07 Å². The molecule has 0 saturated heterocycles. The molecule has 2 N–H and O–H groups in total. The first-order chi connectivity index (χ1) is 12.1. The standard InChI is InChI=1S/C19H17FN4O/c1-13-6-8-14(9-7-13)12-19(25)22-18-11-10-17(23-24-18)21-16-5-3-2-4-15(16)20/h2-11H,12H2,1H3,(H,21,23)(H,22,24,25). The van der Waals surface area contributed by atoms with E-state index in [2.05, 4.69) is 20.8 Å². The highest BCUT2D eigenvalue weighted by Crippen LogP contribution is 2.18. The van der Waals surface area contributed by atoms with Gasteiger partial charge in [-0.3, -0.25) is 4.79 Å². The number of para-hydroxylation sites is 1. The number of hydrogen-bond donors (Lipinski definition) is 2. The molecule has 6 heteroatoms. The van der Waals surface area contributed by atoms with Crippen molar-refractivity contribution in [3.8, 4) is 0 Å². The second-order valence-corrected chi connectivity index (χ2v) is 5.62. The number of halogens is 1. The number of carbonyl (C=O) groups is 1. The normalized spacial score (nSPS) is 10.3. The summed E-state index contributed by atoms with van der Waals surface area (Å²) in [6, 6.07) is 17.3. The molecule has 0 aliphatic carbocycles. The Labute approximate surface area is 144 Å². The van der Waals surface area contributed by atoms with Crippen molar-refractivity contribution in [3.05, 3.63) is 77.6 Å². The minimum absolute atomic E-state index is 0.173. The first kappa shape index (κ1) is 16.6. The number of carbonyl (C=O) groups excluding carboxylic acids is 1. The van der Waals surface area contributed by atoms with E-state index in [1.807, 2.05) is 31.2 Å². The van der Waals surface area contributed by atoms with Crippen LogP contribution in [0.4, 0.5) is 21.7 Å². The van der Waals surface area contributed by atoms with Crippen molar-refractivity contribution in [2.45, 2.75) is 13.3 Å². The molecule has 25 heavy (non-hydrogen) atoms. The first-order valence-corrected chi connectivity index (χ1v) is 7.81. The predicted octanol–water partition coefficient (Wildman–Crippen LogP) is 3.85. The molecule has 3 aromatic rings. The lowest BCUT2D eigenvalue weighted by molar-refractivity contribution is -0.115. The topological polar surface area (TPSA) is 66.9 Å². The third kappa shape index (κ3) is 4.60. The molecule has 0 unspecified atom stereocenters. The fourth-order valence-electron chi connectivity index (χ4n) is 2.24. The summed E-state index contributed by atoms with van der Waals surface area (Å²) in [4.78, 5) is 12.0. The van der Waals surface area contributed by atoms with Gasteiger partial charge in [0.2, 0.25) is 5.91 Å². The zero-order valence-electron chi connectivity index (χ0n) is 13.7. The molecule has 1 aromatic heterocycles. The average molecular weight is 336 g/mol. The summed E-state index contributed by atoms with van der Waals surface area (Å²) in [6.07, 6.45) is 0.261. The summed E-state index contributed by atoms with van der Waals surface area (Å²) in [5.74, 6) is 0.186. The van der Waals surface area contributed by atoms with E-state index in [4.69, 9.17) is 0 Å². The average Bonchev–Trinajstić information content (AvgIpc) is 2.61. The minimum Gasteiger partial charge on any atom is -0.336 e. The molecule has 0 radical (unpaired) electrons. The summed E-state index contributed by atoms with van der Waals surface area (Å²) in [7, 11) is 0. The van der Waals surface area contributed by atoms with Crippen LogP contribution in [0.3, 0.4) is 0 Å². The van der Waals surface area contributed by atoms with Crippen molar-refractivity contribution in [1.29, 1.82) is 0 Å². The second kappa shape index (κ2) is 7.53. The maximum Gasteiger partial charge on any atom is 0.229 e. The van der Waals surface area contributed by atoms with Crippen molar-refractivity contribution < 1.29 is 9.18 Å². The summed E-state index contributed by atoms with van der Waals surface area (Å²) >= 11 is 0. The summed E-state index contributed by atoms with van der Waals surface area (Å²) in [5.41, 5.74) is 2.38. The molecule has 126 valence electrons. The Kier molecular flexibility index (Phi) is 4.99. The highest BCUT2D eigenvalue weighted by Gasteiger charge is 2.07. The van der Waals surface area contributed by atoms with Crippen molar-refractivity contribution in [2.75, 3.05) is 10.6 Å². The van der Waals surface area contributed by atoms with Crippen LogP contribution in [-0.4, -0.2) is 16.1 Å². The SMILES string of the molecule is Cc1ccc(CC(=O)Nc2ccc(Nc3ccccc3F)nn2)cc1. The van der Waals surface area contributed by atoms with Crippen molar-refractivity contribution >= 4 is 23.2 Å². The Balaban J connectivity index is 1.59. The Bertz CT molecular complexity index is 863. The van der Waals surface area contributed by atoms with Gasteiger partial charge in [0.15, 0.2) is 11.6 Å². The van der Waals surface area contributed by atoms with Crippen LogP contribution in [0.1, 0.15) is 11.1 Å². The van der Waals surface area contributed by atoms with E-state index in [0.717, 1.165) is 11.1 Å². The number of anilines is 3. The summed E-state index contributed by atoms with van der Waals surface area (Å²) in [6.45, 7) is 2.00. The van der Waals surface area contributed by atoms with E-state index in [-0.39, 0.29) is 18.1 Å². The van der Waals surface area contributed by atoms with Gasteiger partial charge in [-0.25, -0.2) is 4.39 Å². The van der Waals surface area contributed by atoms with Gasteiger partial charge in [-0.05, 0) is 36.8 Å². The maximum atomic E-state index is 13.6. The third-order valence-corrected chi connectivity index (χ3v) is 3.55. The highest BCUT2D eigenvalue weighted by atomic mass is 19.1. The predicted molar refractivity (Wildman–Crippen MR) is 95.2 cm³/mol. The van der Waals surface area contributed by atoms with Gasteiger partial charge in [0.05, 0.1) is 12.1 Å². The van der Waals surface area contributed by atoms with E-state index >= 15 is 0 Å². The number of rotatable bonds is 5. The van der Waals surface area contributed by atoms with Crippen LogP contribution < -0.4 is 10.6 Å². The first-order valence-electron chi connectivity index (χ1n) is 7.81. The largest absolute Gasteiger partial charge is 0.336 e. The molecule has 3 rings (SSSR count). The lowest BCUT2D eigenvalue weighted by Crippen LogP contribution is -2.15. The number of aryl methyl sites for hydroxylation is 1.